The summed E-state index contributed by atoms with van der Waals surface area (Å²) in [7, 11) is 0. The van der Waals surface area contributed by atoms with Gasteiger partial charge in [-0.3, -0.25) is 4.79 Å². The molecule has 1 unspecified atom stereocenters. The van der Waals surface area contributed by atoms with E-state index in [1.165, 1.54) is 0 Å². The summed E-state index contributed by atoms with van der Waals surface area (Å²) >= 11 is 0. The highest BCUT2D eigenvalue weighted by Crippen LogP contribution is 2.29. The number of nitrogens with zero attached hydrogens (tertiary/aromatic N) is 1. The standard InChI is InChI=1S/C23H26N2O5/c24-22(23(28)29)13-16-2-1-3-20(12-16)30-21-7-5-17-14-19(6-4-18(17)15-21)25(8-10-26)9-11-27/h1-7,12,14-15,22,26-27H,8-11,13,24H2,(H,28,29). The van der Waals surface area contributed by atoms with Gasteiger partial charge in [-0.2, -0.15) is 0 Å². The number of ether oxygens (including phenoxy) is 1. The van der Waals surface area contributed by atoms with Crippen LogP contribution in [0, 0.1) is 0 Å². The third-order valence-electron chi connectivity index (χ3n) is 4.81. The van der Waals surface area contributed by atoms with Crippen LogP contribution in [0.3, 0.4) is 0 Å². The van der Waals surface area contributed by atoms with Crippen molar-refractivity contribution in [2.45, 2.75) is 12.5 Å². The van der Waals surface area contributed by atoms with Gasteiger partial charge in [0.15, 0.2) is 0 Å². The Morgan fingerprint density at radius 2 is 1.60 bits per heavy atom. The van der Waals surface area contributed by atoms with E-state index < -0.39 is 12.0 Å². The van der Waals surface area contributed by atoms with Crippen LogP contribution in [0.2, 0.25) is 0 Å². The normalized spacial score (nSPS) is 12.0. The first-order chi connectivity index (χ1) is 14.5. The Kier molecular flexibility index (Phi) is 7.24. The Labute approximate surface area is 174 Å². The molecule has 7 heteroatoms. The highest BCUT2D eigenvalue weighted by molar-refractivity contribution is 5.87. The van der Waals surface area contributed by atoms with Crippen LogP contribution in [0.5, 0.6) is 11.5 Å². The topological polar surface area (TPSA) is 116 Å². The van der Waals surface area contributed by atoms with Crippen molar-refractivity contribution in [1.82, 2.24) is 0 Å². The van der Waals surface area contributed by atoms with Crippen molar-refractivity contribution in [2.24, 2.45) is 5.73 Å². The number of hydrogen-bond donors (Lipinski definition) is 4. The van der Waals surface area contributed by atoms with E-state index in [4.69, 9.17) is 15.6 Å². The first kappa shape index (κ1) is 21.6. The lowest BCUT2D eigenvalue weighted by Crippen LogP contribution is -2.32. The summed E-state index contributed by atoms with van der Waals surface area (Å²) in [6.07, 6.45) is 0.227. The van der Waals surface area contributed by atoms with Gasteiger partial charge in [-0.1, -0.05) is 24.3 Å². The molecule has 0 aliphatic rings. The van der Waals surface area contributed by atoms with Crippen LogP contribution in [0.25, 0.3) is 10.8 Å². The molecule has 0 heterocycles. The monoisotopic (exact) mass is 410 g/mol. The molecule has 3 aromatic carbocycles. The summed E-state index contributed by atoms with van der Waals surface area (Å²) in [4.78, 5) is 12.9. The number of anilines is 1. The zero-order valence-corrected chi connectivity index (χ0v) is 16.6. The van der Waals surface area contributed by atoms with Crippen LogP contribution in [0.4, 0.5) is 5.69 Å². The van der Waals surface area contributed by atoms with Gasteiger partial charge in [-0.15, -0.1) is 0 Å². The van der Waals surface area contributed by atoms with Gasteiger partial charge < -0.3 is 30.7 Å². The van der Waals surface area contributed by atoms with Gasteiger partial charge in [0.05, 0.1) is 13.2 Å². The molecule has 3 aromatic rings. The molecule has 0 fully saturated rings. The second-order valence-electron chi connectivity index (χ2n) is 7.03. The average Bonchev–Trinajstić information content (AvgIpc) is 2.73. The third-order valence-corrected chi connectivity index (χ3v) is 4.81. The van der Waals surface area contributed by atoms with E-state index in [1.807, 2.05) is 59.5 Å². The predicted octanol–water partition coefficient (Wildman–Crippen LogP) is 2.38. The Balaban J connectivity index is 1.78. The highest BCUT2D eigenvalue weighted by Gasteiger charge is 2.12. The maximum Gasteiger partial charge on any atom is 0.320 e. The van der Waals surface area contributed by atoms with Crippen molar-refractivity contribution >= 4 is 22.4 Å². The van der Waals surface area contributed by atoms with Crippen LogP contribution in [0.15, 0.2) is 60.7 Å². The van der Waals surface area contributed by atoms with Crippen LogP contribution in [-0.2, 0) is 11.2 Å². The number of fused-ring (bicyclic) bond motifs is 1. The number of carboxylic acids is 1. The van der Waals surface area contributed by atoms with Crippen molar-refractivity contribution in [3.05, 3.63) is 66.2 Å². The summed E-state index contributed by atoms with van der Waals surface area (Å²) in [5, 5.41) is 29.5. The Hall–Kier alpha value is -3.13. The van der Waals surface area contributed by atoms with Gasteiger partial charge in [0.1, 0.15) is 17.5 Å². The van der Waals surface area contributed by atoms with E-state index in [1.54, 1.807) is 6.07 Å². The Morgan fingerprint density at radius 3 is 2.30 bits per heavy atom. The average molecular weight is 410 g/mol. The third kappa shape index (κ3) is 5.48. The van der Waals surface area contributed by atoms with Crippen LogP contribution < -0.4 is 15.4 Å². The van der Waals surface area contributed by atoms with Gasteiger partial charge in [0.2, 0.25) is 0 Å². The second-order valence-corrected chi connectivity index (χ2v) is 7.03. The van der Waals surface area contributed by atoms with Crippen molar-refractivity contribution < 1.29 is 24.9 Å². The van der Waals surface area contributed by atoms with Crippen molar-refractivity contribution in [3.63, 3.8) is 0 Å². The predicted molar refractivity (Wildman–Crippen MR) is 116 cm³/mol. The summed E-state index contributed by atoms with van der Waals surface area (Å²) < 4.78 is 5.96. The molecular weight excluding hydrogens is 384 g/mol. The van der Waals surface area contributed by atoms with Crippen molar-refractivity contribution in [1.29, 1.82) is 0 Å². The first-order valence-corrected chi connectivity index (χ1v) is 9.76. The molecule has 7 nitrogen and oxygen atoms in total. The number of aliphatic carboxylic acids is 1. The number of rotatable bonds is 10. The summed E-state index contributed by atoms with van der Waals surface area (Å²) in [5.74, 6) is 0.238. The van der Waals surface area contributed by atoms with E-state index >= 15 is 0 Å². The van der Waals surface area contributed by atoms with E-state index in [2.05, 4.69) is 0 Å². The van der Waals surface area contributed by atoms with Gasteiger partial charge in [0.25, 0.3) is 0 Å². The van der Waals surface area contributed by atoms with E-state index in [9.17, 15) is 15.0 Å². The fourth-order valence-electron chi connectivity index (χ4n) is 3.30. The SMILES string of the molecule is NC(Cc1cccc(Oc2ccc3cc(N(CCO)CCO)ccc3c2)c1)C(=O)O. The number of aliphatic hydroxyl groups excluding tert-OH is 2. The molecule has 0 saturated heterocycles. The maximum atomic E-state index is 11.0. The minimum atomic E-state index is -1.04. The number of aliphatic hydroxyl groups is 2. The fourth-order valence-corrected chi connectivity index (χ4v) is 3.30. The van der Waals surface area contributed by atoms with Crippen LogP contribution in [-0.4, -0.2) is 53.6 Å². The lowest BCUT2D eigenvalue weighted by atomic mass is 10.1. The molecule has 0 aromatic heterocycles. The second kappa shape index (κ2) is 10.1. The molecule has 1 atom stereocenters. The Morgan fingerprint density at radius 1 is 0.933 bits per heavy atom. The number of carboxylic acid groups (broad SMARTS) is 1. The molecule has 5 N–H and O–H groups in total. The largest absolute Gasteiger partial charge is 0.480 e. The number of carbonyl (C=O) groups is 1. The van der Waals surface area contributed by atoms with E-state index in [-0.39, 0.29) is 19.6 Å². The quantitative estimate of drug-likeness (QED) is 0.405. The van der Waals surface area contributed by atoms with Gasteiger partial charge in [-0.05, 0) is 59.2 Å². The minimum absolute atomic E-state index is 0.0151. The molecule has 30 heavy (non-hydrogen) atoms. The number of nitrogens with two attached hydrogens (primary N) is 1. The zero-order chi connectivity index (χ0) is 21.5. The van der Waals surface area contributed by atoms with Gasteiger partial charge >= 0.3 is 5.97 Å². The van der Waals surface area contributed by atoms with Gasteiger partial charge in [0, 0.05) is 18.8 Å². The van der Waals surface area contributed by atoms with Crippen LogP contribution >= 0.6 is 0 Å². The smallest absolute Gasteiger partial charge is 0.320 e. The minimum Gasteiger partial charge on any atom is -0.480 e. The molecule has 0 spiro atoms. The maximum absolute atomic E-state index is 11.0. The van der Waals surface area contributed by atoms with Gasteiger partial charge in [-0.25, -0.2) is 0 Å². The molecule has 0 bridgehead atoms. The number of benzene rings is 3. The lowest BCUT2D eigenvalue weighted by molar-refractivity contribution is -0.138. The molecule has 3 rings (SSSR count). The fraction of sp³-hybridized carbons (Fsp3) is 0.261. The van der Waals surface area contributed by atoms with E-state index in [0.29, 0.717) is 24.6 Å². The van der Waals surface area contributed by atoms with Crippen LogP contribution in [0.1, 0.15) is 5.56 Å². The molecular formula is C23H26N2O5. The molecule has 0 radical (unpaired) electrons. The molecule has 0 saturated carbocycles. The van der Waals surface area contributed by atoms with Crippen molar-refractivity contribution in [2.75, 3.05) is 31.2 Å². The summed E-state index contributed by atoms with van der Waals surface area (Å²) in [5.41, 5.74) is 7.34. The molecule has 0 aliphatic heterocycles. The van der Waals surface area contributed by atoms with E-state index in [0.717, 1.165) is 22.0 Å². The number of hydrogen-bond acceptors (Lipinski definition) is 6. The summed E-state index contributed by atoms with van der Waals surface area (Å²) in [6, 6.07) is 18.0. The molecule has 158 valence electrons. The molecule has 0 amide bonds. The first-order valence-electron chi connectivity index (χ1n) is 9.76. The molecule has 0 aliphatic carbocycles. The zero-order valence-electron chi connectivity index (χ0n) is 16.6. The lowest BCUT2D eigenvalue weighted by Gasteiger charge is -2.23. The highest BCUT2D eigenvalue weighted by atomic mass is 16.5. The Bertz CT molecular complexity index is 1000. The summed E-state index contributed by atoms with van der Waals surface area (Å²) in [6.45, 7) is 0.937. The van der Waals surface area contributed by atoms with Crippen molar-refractivity contribution in [3.8, 4) is 11.5 Å².